The summed E-state index contributed by atoms with van der Waals surface area (Å²) in [6, 6.07) is 14.5. The van der Waals surface area contributed by atoms with E-state index in [-0.39, 0.29) is 12.5 Å². The first-order chi connectivity index (χ1) is 13.7. The van der Waals surface area contributed by atoms with Crippen molar-refractivity contribution in [3.63, 3.8) is 0 Å². The van der Waals surface area contributed by atoms with Crippen molar-refractivity contribution in [1.29, 1.82) is 0 Å². The maximum atomic E-state index is 12.5. The Hall–Kier alpha value is -2.63. The average molecular weight is 376 g/mol. The van der Waals surface area contributed by atoms with E-state index in [0.717, 1.165) is 48.3 Å². The lowest BCUT2D eigenvalue weighted by atomic mass is 9.98. The normalized spacial score (nSPS) is 23.5. The van der Waals surface area contributed by atoms with E-state index in [4.69, 9.17) is 4.74 Å². The topological polar surface area (TPSA) is 61.8 Å². The molecule has 1 amide bonds. The van der Waals surface area contributed by atoms with Gasteiger partial charge in [-0.2, -0.15) is 0 Å². The molecule has 1 atom stereocenters. The van der Waals surface area contributed by atoms with Crippen LogP contribution < -0.4 is 5.32 Å². The van der Waals surface area contributed by atoms with Gasteiger partial charge in [0, 0.05) is 35.0 Å². The Kier molecular flexibility index (Phi) is 4.41. The van der Waals surface area contributed by atoms with Gasteiger partial charge < -0.3 is 15.2 Å². The first-order valence-corrected chi connectivity index (χ1v) is 9.99. The van der Waals surface area contributed by atoms with Gasteiger partial charge in [0.2, 0.25) is 0 Å². The molecule has 0 spiro atoms. The molecule has 3 aliphatic rings. The van der Waals surface area contributed by atoms with E-state index in [9.17, 15) is 9.90 Å². The molecule has 0 aromatic heterocycles. The maximum absolute atomic E-state index is 12.5. The lowest BCUT2D eigenvalue weighted by Crippen LogP contribution is -2.33. The van der Waals surface area contributed by atoms with Gasteiger partial charge >= 0.3 is 0 Å². The summed E-state index contributed by atoms with van der Waals surface area (Å²) in [6.45, 7) is 2.79. The van der Waals surface area contributed by atoms with Crippen LogP contribution in [0.4, 0.5) is 5.69 Å². The summed E-state index contributed by atoms with van der Waals surface area (Å²) in [5.41, 5.74) is 5.80. The molecule has 2 aromatic carbocycles. The van der Waals surface area contributed by atoms with Gasteiger partial charge in [-0.25, -0.2) is 0 Å². The van der Waals surface area contributed by atoms with Gasteiger partial charge in [-0.3, -0.25) is 9.69 Å². The Bertz CT molecular complexity index is 966. The van der Waals surface area contributed by atoms with Gasteiger partial charge in [-0.15, -0.1) is 0 Å². The Morgan fingerprint density at radius 1 is 1.18 bits per heavy atom. The first kappa shape index (κ1) is 17.5. The van der Waals surface area contributed by atoms with Gasteiger partial charge in [0.05, 0.1) is 12.2 Å². The van der Waals surface area contributed by atoms with E-state index in [2.05, 4.69) is 28.4 Å². The lowest BCUT2D eigenvalue weighted by molar-refractivity contribution is -0.110. The summed E-state index contributed by atoms with van der Waals surface area (Å²) in [5.74, 6) is 0.584. The molecule has 2 N–H and O–H groups in total. The summed E-state index contributed by atoms with van der Waals surface area (Å²) in [6.07, 6.45) is 3.22. The number of ether oxygens (including phenoxy) is 1. The number of benzene rings is 2. The fourth-order valence-corrected chi connectivity index (χ4v) is 4.59. The quantitative estimate of drug-likeness (QED) is 0.806. The molecule has 0 aliphatic carbocycles. The third-order valence-corrected chi connectivity index (χ3v) is 6.08. The molecule has 5 nitrogen and oxygen atoms in total. The molecule has 0 radical (unpaired) electrons. The standard InChI is InChI=1S/C23H24N2O3/c26-13-17-4-3-10-25(17)11-9-15-7-8-18-16(12-15)14-28-22(18)21-19-5-1-2-6-20(19)24-23(21)27/h1-2,5-8,12,17,26H,3-4,9-11,13-14H2,(H,24,27)/b22-21+/t17-/m0/s1. The zero-order valence-electron chi connectivity index (χ0n) is 15.8. The minimum atomic E-state index is -0.0998. The van der Waals surface area contributed by atoms with Gasteiger partial charge in [0.1, 0.15) is 12.4 Å². The van der Waals surface area contributed by atoms with E-state index in [1.807, 2.05) is 24.3 Å². The fraction of sp³-hybridized carbons (Fsp3) is 0.348. The van der Waals surface area contributed by atoms with Crippen LogP contribution in [0.2, 0.25) is 0 Å². The van der Waals surface area contributed by atoms with Crippen LogP contribution in [-0.2, 0) is 22.6 Å². The predicted molar refractivity (Wildman–Crippen MR) is 109 cm³/mol. The second-order valence-electron chi connectivity index (χ2n) is 7.75. The minimum Gasteiger partial charge on any atom is -0.487 e. The average Bonchev–Trinajstić information content (AvgIpc) is 3.41. The number of rotatable bonds is 4. The summed E-state index contributed by atoms with van der Waals surface area (Å²) in [4.78, 5) is 14.9. The van der Waals surface area contributed by atoms with E-state index < -0.39 is 0 Å². The SMILES string of the molecule is O=C1Nc2ccccc2/C1=C1\OCc2cc(CCN3CCC[C@H]3CO)ccc21. The van der Waals surface area contributed by atoms with Crippen molar-refractivity contribution in [3.05, 3.63) is 64.7 Å². The number of nitrogens with zero attached hydrogens (tertiary/aromatic N) is 1. The van der Waals surface area contributed by atoms with Crippen LogP contribution in [0.3, 0.4) is 0 Å². The Labute approximate surface area is 164 Å². The molecule has 0 bridgehead atoms. The van der Waals surface area contributed by atoms with Crippen LogP contribution in [0.5, 0.6) is 0 Å². The van der Waals surface area contributed by atoms with Crippen molar-refractivity contribution in [1.82, 2.24) is 4.90 Å². The van der Waals surface area contributed by atoms with Crippen LogP contribution in [-0.4, -0.2) is 41.7 Å². The summed E-state index contributed by atoms with van der Waals surface area (Å²) in [5, 5.41) is 12.4. The number of nitrogens with one attached hydrogen (secondary N) is 1. The van der Waals surface area contributed by atoms with Crippen LogP contribution >= 0.6 is 0 Å². The Balaban J connectivity index is 1.40. The highest BCUT2D eigenvalue weighted by atomic mass is 16.5. The van der Waals surface area contributed by atoms with Gasteiger partial charge in [-0.1, -0.05) is 36.4 Å². The second-order valence-corrected chi connectivity index (χ2v) is 7.75. The van der Waals surface area contributed by atoms with Gasteiger partial charge in [-0.05, 0) is 37.4 Å². The Morgan fingerprint density at radius 2 is 2.07 bits per heavy atom. The number of fused-ring (bicyclic) bond motifs is 2. The highest BCUT2D eigenvalue weighted by molar-refractivity contribution is 6.36. The second kappa shape index (κ2) is 7.08. The van der Waals surface area contributed by atoms with E-state index >= 15 is 0 Å². The number of anilines is 1. The highest BCUT2D eigenvalue weighted by Crippen LogP contribution is 2.41. The number of hydrogen-bond acceptors (Lipinski definition) is 4. The zero-order chi connectivity index (χ0) is 19.1. The molecular weight excluding hydrogens is 352 g/mol. The molecule has 1 saturated heterocycles. The Morgan fingerprint density at radius 3 is 2.96 bits per heavy atom. The number of aliphatic hydroxyl groups excluding tert-OH is 1. The van der Waals surface area contributed by atoms with Crippen LogP contribution in [0.1, 0.15) is 35.1 Å². The lowest BCUT2D eigenvalue weighted by Gasteiger charge is -2.22. The van der Waals surface area contributed by atoms with E-state index in [0.29, 0.717) is 24.0 Å². The van der Waals surface area contributed by atoms with Crippen molar-refractivity contribution in [3.8, 4) is 0 Å². The monoisotopic (exact) mass is 376 g/mol. The number of carbonyl (C=O) groups is 1. The van der Waals surface area contributed by atoms with Crippen LogP contribution in [0, 0.1) is 0 Å². The highest BCUT2D eigenvalue weighted by Gasteiger charge is 2.32. The molecule has 0 unspecified atom stereocenters. The third kappa shape index (κ3) is 2.91. The largest absolute Gasteiger partial charge is 0.487 e. The number of likely N-dealkylation sites (tertiary alicyclic amines) is 1. The molecule has 0 saturated carbocycles. The van der Waals surface area contributed by atoms with Crippen LogP contribution in [0.15, 0.2) is 42.5 Å². The minimum absolute atomic E-state index is 0.0998. The smallest absolute Gasteiger partial charge is 0.260 e. The molecule has 3 heterocycles. The number of para-hydroxylation sites is 1. The van der Waals surface area contributed by atoms with Crippen molar-refractivity contribution < 1.29 is 14.6 Å². The van der Waals surface area contributed by atoms with Crippen LogP contribution in [0.25, 0.3) is 11.3 Å². The molecular formula is C23H24N2O3. The van der Waals surface area contributed by atoms with Crippen molar-refractivity contribution in [2.75, 3.05) is 25.0 Å². The molecule has 1 fully saturated rings. The van der Waals surface area contributed by atoms with Gasteiger partial charge in [0.15, 0.2) is 0 Å². The molecule has 144 valence electrons. The van der Waals surface area contributed by atoms with Crippen molar-refractivity contribution in [2.45, 2.75) is 31.9 Å². The number of aliphatic hydroxyl groups is 1. The summed E-state index contributed by atoms with van der Waals surface area (Å²) in [7, 11) is 0. The number of amides is 1. The van der Waals surface area contributed by atoms with E-state index in [1.54, 1.807) is 0 Å². The fourth-order valence-electron chi connectivity index (χ4n) is 4.59. The van der Waals surface area contributed by atoms with Crippen molar-refractivity contribution in [2.24, 2.45) is 0 Å². The molecule has 5 rings (SSSR count). The summed E-state index contributed by atoms with van der Waals surface area (Å²) >= 11 is 0. The van der Waals surface area contributed by atoms with E-state index in [1.165, 1.54) is 12.0 Å². The molecule has 2 aromatic rings. The number of hydrogen-bond donors (Lipinski definition) is 2. The molecule has 5 heteroatoms. The summed E-state index contributed by atoms with van der Waals surface area (Å²) < 4.78 is 5.98. The first-order valence-electron chi connectivity index (χ1n) is 9.99. The third-order valence-electron chi connectivity index (χ3n) is 6.08. The zero-order valence-corrected chi connectivity index (χ0v) is 15.8. The van der Waals surface area contributed by atoms with Crippen molar-refractivity contribution >= 4 is 22.9 Å². The predicted octanol–water partition coefficient (Wildman–Crippen LogP) is 3.04. The van der Waals surface area contributed by atoms with Gasteiger partial charge in [0.25, 0.3) is 5.91 Å². The molecule has 3 aliphatic heterocycles. The number of carbonyl (C=O) groups excluding carboxylic acids is 1. The maximum Gasteiger partial charge on any atom is 0.260 e. The molecule has 28 heavy (non-hydrogen) atoms.